The zero-order valence-corrected chi connectivity index (χ0v) is 21.7. The van der Waals surface area contributed by atoms with E-state index < -0.39 is 0 Å². The monoisotopic (exact) mass is 481 g/mol. The van der Waals surface area contributed by atoms with Crippen molar-refractivity contribution in [1.29, 1.82) is 0 Å². The van der Waals surface area contributed by atoms with Crippen LogP contribution in [0.2, 0.25) is 0 Å². The van der Waals surface area contributed by atoms with Gasteiger partial charge in [-0.2, -0.15) is 4.57 Å². The molecular weight excluding hydrogens is 453 g/mol. The number of aromatic nitrogens is 1. The summed E-state index contributed by atoms with van der Waals surface area (Å²) < 4.78 is 8.26. The highest BCUT2D eigenvalue weighted by molar-refractivity contribution is 8.04. The lowest BCUT2D eigenvalue weighted by Gasteiger charge is -2.18. The van der Waals surface area contributed by atoms with Gasteiger partial charge in [0.2, 0.25) is 5.58 Å². The maximum absolute atomic E-state index is 6.06. The van der Waals surface area contributed by atoms with Crippen molar-refractivity contribution >= 4 is 58.1 Å². The molecule has 3 nitrogen and oxygen atoms in total. The number of thioether (sulfide) groups is 3. The maximum Gasteiger partial charge on any atom is 0.374 e. The number of fused-ring (bicyclic) bond motifs is 2. The smallest absolute Gasteiger partial charge is 0.374 e. The minimum Gasteiger partial charge on any atom is -0.398 e. The minimum atomic E-state index is 0.875. The highest BCUT2D eigenvalue weighted by Crippen LogP contribution is 2.49. The van der Waals surface area contributed by atoms with E-state index in [9.17, 15) is 0 Å². The fraction of sp³-hybridized carbons (Fsp3) is 0.269. The van der Waals surface area contributed by atoms with Gasteiger partial charge in [-0.25, -0.2) is 0 Å². The molecule has 166 valence electrons. The average Bonchev–Trinajstić information content (AvgIpc) is 3.36. The van der Waals surface area contributed by atoms with Gasteiger partial charge in [-0.1, -0.05) is 35.5 Å². The van der Waals surface area contributed by atoms with Crippen LogP contribution in [0.4, 0.5) is 5.69 Å². The van der Waals surface area contributed by atoms with Crippen LogP contribution in [0.1, 0.15) is 26.7 Å². The number of hydrogen-bond donors (Lipinski definition) is 0. The summed E-state index contributed by atoms with van der Waals surface area (Å²) in [7, 11) is 0. The third kappa shape index (κ3) is 4.54. The van der Waals surface area contributed by atoms with Crippen LogP contribution in [-0.2, 0) is 6.54 Å². The first-order chi connectivity index (χ1) is 15.6. The Hall–Kier alpha value is -2.02. The van der Waals surface area contributed by atoms with Crippen LogP contribution in [-0.4, -0.2) is 19.1 Å². The van der Waals surface area contributed by atoms with Gasteiger partial charge >= 0.3 is 5.89 Å². The second-order valence-corrected chi connectivity index (χ2v) is 10.2. The van der Waals surface area contributed by atoms with E-state index in [4.69, 9.17) is 4.42 Å². The second kappa shape index (κ2) is 10.3. The Kier molecular flexibility index (Phi) is 7.44. The van der Waals surface area contributed by atoms with E-state index in [1.165, 1.54) is 31.0 Å². The molecule has 4 rings (SSSR count). The molecule has 6 heteroatoms. The van der Waals surface area contributed by atoms with Crippen molar-refractivity contribution in [3.8, 4) is 0 Å². The molecule has 0 bridgehead atoms. The highest BCUT2D eigenvalue weighted by atomic mass is 32.2. The summed E-state index contributed by atoms with van der Waals surface area (Å²) in [6.07, 6.45) is 12.9. The lowest BCUT2D eigenvalue weighted by atomic mass is 10.2. The van der Waals surface area contributed by atoms with Crippen molar-refractivity contribution in [1.82, 2.24) is 0 Å². The van der Waals surface area contributed by atoms with E-state index in [1.807, 2.05) is 47.4 Å². The SMILES string of the molecule is CCN1/C(=C/C=C(C)/C=C/c2oc3ccccc3[n+]2CC)Sc2cc(SC)c(SC)cc21. The Morgan fingerprint density at radius 1 is 1.12 bits per heavy atom. The van der Waals surface area contributed by atoms with Crippen molar-refractivity contribution < 1.29 is 8.98 Å². The van der Waals surface area contributed by atoms with Crippen LogP contribution >= 0.6 is 35.3 Å². The zero-order chi connectivity index (χ0) is 22.7. The number of para-hydroxylation sites is 2. The molecule has 2 aromatic carbocycles. The molecule has 0 atom stereocenters. The first-order valence-corrected chi connectivity index (χ1v) is 14.1. The van der Waals surface area contributed by atoms with Crippen LogP contribution in [0.5, 0.6) is 0 Å². The molecule has 0 fully saturated rings. The fourth-order valence-electron chi connectivity index (χ4n) is 3.84. The number of aryl methyl sites for hydroxylation is 1. The summed E-state index contributed by atoms with van der Waals surface area (Å²) >= 11 is 5.49. The lowest BCUT2D eigenvalue weighted by molar-refractivity contribution is -0.674. The van der Waals surface area contributed by atoms with E-state index in [2.05, 4.69) is 91.3 Å². The van der Waals surface area contributed by atoms with Gasteiger partial charge in [-0.3, -0.25) is 0 Å². The van der Waals surface area contributed by atoms with Gasteiger partial charge in [-0.15, -0.1) is 23.5 Å². The molecule has 0 unspecified atom stereocenters. The summed E-state index contributed by atoms with van der Waals surface area (Å²) in [6, 6.07) is 12.9. The van der Waals surface area contributed by atoms with Gasteiger partial charge in [0.25, 0.3) is 5.52 Å². The molecule has 0 saturated carbocycles. The van der Waals surface area contributed by atoms with Crippen molar-refractivity contribution in [2.45, 2.75) is 42.0 Å². The first kappa shape index (κ1) is 23.1. The molecule has 0 spiro atoms. The van der Waals surface area contributed by atoms with Crippen LogP contribution in [0, 0.1) is 0 Å². The molecule has 3 aromatic rings. The molecule has 1 aliphatic heterocycles. The van der Waals surface area contributed by atoms with Crippen LogP contribution in [0.25, 0.3) is 17.2 Å². The molecule has 0 N–H and O–H groups in total. The Bertz CT molecular complexity index is 1220. The zero-order valence-electron chi connectivity index (χ0n) is 19.2. The summed E-state index contributed by atoms with van der Waals surface area (Å²) in [5.74, 6) is 0.876. The van der Waals surface area contributed by atoms with Gasteiger partial charge in [-0.05, 0) is 63.6 Å². The topological polar surface area (TPSA) is 20.3 Å². The van der Waals surface area contributed by atoms with E-state index in [-0.39, 0.29) is 0 Å². The third-order valence-corrected chi connectivity index (χ3v) is 8.28. The number of allylic oxidation sites excluding steroid dienone is 4. The molecular formula is C26H29N2OS3+. The Balaban J connectivity index is 1.58. The Morgan fingerprint density at radius 2 is 1.88 bits per heavy atom. The van der Waals surface area contributed by atoms with Crippen molar-refractivity contribution in [2.75, 3.05) is 24.0 Å². The number of nitrogens with zero attached hydrogens (tertiary/aromatic N) is 2. The minimum absolute atomic E-state index is 0.875. The number of anilines is 1. The van der Waals surface area contributed by atoms with Gasteiger partial charge in [0.15, 0.2) is 0 Å². The quantitative estimate of drug-likeness (QED) is 0.196. The van der Waals surface area contributed by atoms with E-state index in [0.717, 1.165) is 30.1 Å². The number of hydrogen-bond acceptors (Lipinski definition) is 5. The van der Waals surface area contributed by atoms with E-state index in [0.29, 0.717) is 0 Å². The molecule has 0 aliphatic carbocycles. The number of rotatable bonds is 7. The van der Waals surface area contributed by atoms with Gasteiger partial charge in [0.05, 0.1) is 16.8 Å². The predicted octanol–water partition coefficient (Wildman–Crippen LogP) is 7.62. The van der Waals surface area contributed by atoms with Crippen molar-refractivity contribution in [3.05, 3.63) is 71.1 Å². The Labute approximate surface area is 203 Å². The molecule has 1 aliphatic rings. The first-order valence-electron chi connectivity index (χ1n) is 10.8. The highest BCUT2D eigenvalue weighted by Gasteiger charge is 2.25. The van der Waals surface area contributed by atoms with Crippen LogP contribution in [0.3, 0.4) is 0 Å². The number of benzene rings is 2. The average molecular weight is 482 g/mol. The van der Waals surface area contributed by atoms with Gasteiger partial charge < -0.3 is 9.32 Å². The normalized spacial score (nSPS) is 15.5. The Morgan fingerprint density at radius 3 is 2.59 bits per heavy atom. The molecule has 32 heavy (non-hydrogen) atoms. The molecule has 0 amide bonds. The van der Waals surface area contributed by atoms with Crippen LogP contribution in [0.15, 0.2) is 84.3 Å². The fourth-order valence-corrected chi connectivity index (χ4v) is 6.55. The third-order valence-electron chi connectivity index (χ3n) is 5.48. The van der Waals surface area contributed by atoms with E-state index >= 15 is 0 Å². The summed E-state index contributed by atoms with van der Waals surface area (Å²) in [5.41, 5.74) is 4.55. The molecule has 0 radical (unpaired) electrons. The van der Waals surface area contributed by atoms with Gasteiger partial charge in [0, 0.05) is 27.3 Å². The van der Waals surface area contributed by atoms with Crippen LogP contribution < -0.4 is 9.47 Å². The second-order valence-electron chi connectivity index (χ2n) is 7.42. The molecule has 0 saturated heterocycles. The largest absolute Gasteiger partial charge is 0.398 e. The van der Waals surface area contributed by atoms with Crippen molar-refractivity contribution in [2.24, 2.45) is 0 Å². The molecule has 1 aromatic heterocycles. The number of oxazole rings is 1. The lowest BCUT2D eigenvalue weighted by Crippen LogP contribution is -2.33. The summed E-state index contributed by atoms with van der Waals surface area (Å²) in [6.45, 7) is 8.32. The van der Waals surface area contributed by atoms with Crippen molar-refractivity contribution in [3.63, 3.8) is 0 Å². The molecule has 2 heterocycles. The summed E-state index contributed by atoms with van der Waals surface area (Å²) in [4.78, 5) is 6.45. The summed E-state index contributed by atoms with van der Waals surface area (Å²) in [5, 5.41) is 1.27. The predicted molar refractivity (Wildman–Crippen MR) is 142 cm³/mol. The van der Waals surface area contributed by atoms with Gasteiger partial charge in [0.1, 0.15) is 6.54 Å². The van der Waals surface area contributed by atoms with E-state index in [1.54, 1.807) is 0 Å². The standard InChI is InChI=1S/C26H29N2OS3/c1-6-27-19-10-8-9-11-21(19)29-25(27)14-12-18(3)13-15-26-28(7-2)20-16-23(30-4)24(31-5)17-22(20)32-26/h8-17H,6-7H2,1-5H3/q+1. The maximum atomic E-state index is 6.06.